The third kappa shape index (κ3) is 1.69. The van der Waals surface area contributed by atoms with Gasteiger partial charge in [-0.1, -0.05) is 12.1 Å². The maximum absolute atomic E-state index is 13.8. The molecule has 0 aliphatic carbocycles. The van der Waals surface area contributed by atoms with Crippen LogP contribution in [-0.2, 0) is 0 Å². The molecule has 4 heteroatoms. The third-order valence-corrected chi connectivity index (χ3v) is 4.81. The van der Waals surface area contributed by atoms with Crippen LogP contribution < -0.4 is 0 Å². The molecular weight excluding hydrogens is 257 g/mol. The Labute approximate surface area is 104 Å². The minimum absolute atomic E-state index is 0.0717. The SMILES string of the molecule is Fc1cc(F)c(-[s+]2ccc3ccccc32)c(F)c1. The van der Waals surface area contributed by atoms with Gasteiger partial charge in [0, 0.05) is 34.1 Å². The van der Waals surface area contributed by atoms with E-state index in [9.17, 15) is 13.2 Å². The summed E-state index contributed by atoms with van der Waals surface area (Å²) in [6.07, 6.45) is 0. The molecule has 1 heterocycles. The first kappa shape index (κ1) is 11.3. The summed E-state index contributed by atoms with van der Waals surface area (Å²) in [4.78, 5) is -0.0717. The van der Waals surface area contributed by atoms with Crippen molar-refractivity contribution in [3.05, 3.63) is 65.3 Å². The van der Waals surface area contributed by atoms with Crippen molar-refractivity contribution in [3.8, 4) is 4.90 Å². The van der Waals surface area contributed by atoms with Crippen LogP contribution >= 0.6 is 10.5 Å². The van der Waals surface area contributed by atoms with Crippen molar-refractivity contribution in [1.29, 1.82) is 0 Å². The second-order valence-corrected chi connectivity index (χ2v) is 5.67. The second-order valence-electron chi connectivity index (χ2n) is 3.88. The van der Waals surface area contributed by atoms with Crippen molar-refractivity contribution in [2.75, 3.05) is 0 Å². The van der Waals surface area contributed by atoms with Crippen molar-refractivity contribution in [3.63, 3.8) is 0 Å². The molecule has 90 valence electrons. The normalized spacial score (nSPS) is 12.1. The Balaban J connectivity index is 2.33. The van der Waals surface area contributed by atoms with Crippen LogP contribution in [0.4, 0.5) is 13.2 Å². The number of halogens is 3. The Morgan fingerprint density at radius 3 is 2.22 bits per heavy atom. The third-order valence-electron chi connectivity index (χ3n) is 2.72. The average Bonchev–Trinajstić information content (AvgIpc) is 2.72. The molecule has 3 aromatic rings. The standard InChI is InChI=1S/C14H8F3S/c15-10-7-11(16)14(12(17)8-10)18-6-5-9-3-1-2-4-13(9)18/h1-8H/q+1. The second kappa shape index (κ2) is 4.14. The summed E-state index contributed by atoms with van der Waals surface area (Å²) >= 11 is 0. The summed E-state index contributed by atoms with van der Waals surface area (Å²) in [6.45, 7) is 0. The lowest BCUT2D eigenvalue weighted by atomic mass is 10.3. The molecular formula is C14H8F3S+. The fourth-order valence-electron chi connectivity index (χ4n) is 1.95. The van der Waals surface area contributed by atoms with E-state index >= 15 is 0 Å². The highest BCUT2D eigenvalue weighted by Crippen LogP contribution is 2.42. The summed E-state index contributed by atoms with van der Waals surface area (Å²) in [5, 5.41) is 2.70. The number of thiophene rings is 1. The molecule has 0 radical (unpaired) electrons. The van der Waals surface area contributed by atoms with Crippen LogP contribution in [0.25, 0.3) is 15.0 Å². The molecule has 0 saturated heterocycles. The Hall–Kier alpha value is -1.81. The fourth-order valence-corrected chi connectivity index (χ4v) is 3.89. The van der Waals surface area contributed by atoms with E-state index in [-0.39, 0.29) is 4.90 Å². The van der Waals surface area contributed by atoms with Crippen LogP contribution in [0.3, 0.4) is 0 Å². The minimum atomic E-state index is -0.895. The van der Waals surface area contributed by atoms with Crippen LogP contribution in [-0.4, -0.2) is 0 Å². The number of rotatable bonds is 1. The Morgan fingerprint density at radius 1 is 0.833 bits per heavy atom. The van der Waals surface area contributed by atoms with Gasteiger partial charge >= 0.3 is 0 Å². The van der Waals surface area contributed by atoms with Crippen molar-refractivity contribution >= 4 is 20.6 Å². The van der Waals surface area contributed by atoms with Crippen LogP contribution in [0.2, 0.25) is 0 Å². The molecule has 18 heavy (non-hydrogen) atoms. The largest absolute Gasteiger partial charge is 0.250 e. The number of hydrogen-bond acceptors (Lipinski definition) is 0. The van der Waals surface area contributed by atoms with Crippen LogP contribution in [0, 0.1) is 17.5 Å². The summed E-state index contributed by atoms with van der Waals surface area (Å²) in [5.41, 5.74) is 0. The lowest BCUT2D eigenvalue weighted by molar-refractivity contribution is 0.551. The average molecular weight is 265 g/mol. The summed E-state index contributed by atoms with van der Waals surface area (Å²) < 4.78 is 41.3. The first-order valence-electron chi connectivity index (χ1n) is 5.31. The molecule has 0 aliphatic rings. The van der Waals surface area contributed by atoms with E-state index in [1.807, 2.05) is 30.3 Å². The van der Waals surface area contributed by atoms with E-state index in [1.165, 1.54) is 0 Å². The zero-order valence-electron chi connectivity index (χ0n) is 9.16. The highest BCUT2D eigenvalue weighted by molar-refractivity contribution is 7.43. The number of fused-ring (bicyclic) bond motifs is 1. The zero-order chi connectivity index (χ0) is 12.7. The van der Waals surface area contributed by atoms with Gasteiger partial charge in [-0.15, -0.1) is 0 Å². The van der Waals surface area contributed by atoms with Crippen molar-refractivity contribution in [2.45, 2.75) is 0 Å². The molecule has 0 N–H and O–H groups in total. The van der Waals surface area contributed by atoms with Gasteiger partial charge in [0.05, 0.1) is 0 Å². The van der Waals surface area contributed by atoms with Gasteiger partial charge < -0.3 is 0 Å². The Bertz CT molecular complexity index is 708. The summed E-state index contributed by atoms with van der Waals surface area (Å²) in [7, 11) is -0.794. The first-order chi connectivity index (χ1) is 8.66. The number of hydrogen-bond donors (Lipinski definition) is 0. The molecule has 0 aliphatic heterocycles. The molecule has 1 aromatic heterocycles. The van der Waals surface area contributed by atoms with E-state index < -0.39 is 27.9 Å². The van der Waals surface area contributed by atoms with E-state index in [4.69, 9.17) is 0 Å². The number of benzene rings is 2. The molecule has 0 amide bonds. The van der Waals surface area contributed by atoms with Gasteiger partial charge in [-0.25, -0.2) is 13.2 Å². The maximum atomic E-state index is 13.8. The van der Waals surface area contributed by atoms with Gasteiger partial charge in [0.2, 0.25) is 4.90 Å². The van der Waals surface area contributed by atoms with Gasteiger partial charge in [-0.2, -0.15) is 0 Å². The smallest absolute Gasteiger partial charge is 0.207 e. The highest BCUT2D eigenvalue weighted by Gasteiger charge is 2.25. The maximum Gasteiger partial charge on any atom is 0.250 e. The van der Waals surface area contributed by atoms with Gasteiger partial charge in [0.25, 0.3) is 0 Å². The Morgan fingerprint density at radius 2 is 1.50 bits per heavy atom. The molecule has 1 atom stereocenters. The molecule has 3 rings (SSSR count). The van der Waals surface area contributed by atoms with Crippen LogP contribution in [0.1, 0.15) is 0 Å². The first-order valence-corrected chi connectivity index (χ1v) is 6.60. The quantitative estimate of drug-likeness (QED) is 0.543. The van der Waals surface area contributed by atoms with Crippen LogP contribution in [0.5, 0.6) is 0 Å². The predicted octanol–water partition coefficient (Wildman–Crippen LogP) is 5.00. The molecule has 0 bridgehead atoms. The molecule has 0 nitrogen and oxygen atoms in total. The topological polar surface area (TPSA) is 0 Å². The molecule has 0 saturated carbocycles. The molecule has 1 unspecified atom stereocenters. The molecule has 0 spiro atoms. The fraction of sp³-hybridized carbons (Fsp3) is 0. The van der Waals surface area contributed by atoms with Crippen LogP contribution in [0.15, 0.2) is 47.8 Å². The lowest BCUT2D eigenvalue weighted by Gasteiger charge is -1.97. The molecule has 2 aromatic carbocycles. The zero-order valence-corrected chi connectivity index (χ0v) is 9.98. The van der Waals surface area contributed by atoms with E-state index in [2.05, 4.69) is 0 Å². The van der Waals surface area contributed by atoms with Gasteiger partial charge in [0.1, 0.15) is 11.2 Å². The van der Waals surface area contributed by atoms with Gasteiger partial charge in [-0.3, -0.25) is 0 Å². The Kier molecular flexibility index (Phi) is 2.59. The van der Waals surface area contributed by atoms with Crippen molar-refractivity contribution in [2.24, 2.45) is 0 Å². The predicted molar refractivity (Wildman–Crippen MR) is 67.6 cm³/mol. The van der Waals surface area contributed by atoms with Gasteiger partial charge in [0.15, 0.2) is 16.3 Å². The van der Waals surface area contributed by atoms with E-state index in [0.717, 1.165) is 22.2 Å². The van der Waals surface area contributed by atoms with E-state index in [0.29, 0.717) is 0 Å². The molecule has 0 fully saturated rings. The monoisotopic (exact) mass is 265 g/mol. The minimum Gasteiger partial charge on any atom is -0.207 e. The van der Waals surface area contributed by atoms with Crippen molar-refractivity contribution < 1.29 is 13.2 Å². The highest BCUT2D eigenvalue weighted by atomic mass is 32.2. The lowest BCUT2D eigenvalue weighted by Crippen LogP contribution is -1.88. The van der Waals surface area contributed by atoms with Crippen molar-refractivity contribution in [1.82, 2.24) is 0 Å². The van der Waals surface area contributed by atoms with Gasteiger partial charge in [-0.05, 0) is 12.1 Å². The summed E-state index contributed by atoms with van der Waals surface area (Å²) in [6, 6.07) is 10.7. The summed E-state index contributed by atoms with van der Waals surface area (Å²) in [5.74, 6) is -2.57. The van der Waals surface area contributed by atoms with E-state index in [1.54, 1.807) is 5.38 Å².